The van der Waals surface area contributed by atoms with Crippen LogP contribution < -0.4 is 5.32 Å². The highest BCUT2D eigenvalue weighted by Crippen LogP contribution is 2.10. The minimum Gasteiger partial charge on any atom is -0.481 e. The Morgan fingerprint density at radius 2 is 2.00 bits per heavy atom. The number of carbonyl (C=O) groups excluding carboxylic acids is 1. The second-order valence-corrected chi connectivity index (χ2v) is 4.80. The molecule has 110 valence electrons. The normalized spacial score (nSPS) is 24.9. The Kier molecular flexibility index (Phi) is 6.04. The van der Waals surface area contributed by atoms with Gasteiger partial charge in [0, 0.05) is 26.7 Å². The first-order valence-corrected chi connectivity index (χ1v) is 6.35. The fourth-order valence-corrected chi connectivity index (χ4v) is 2.09. The highest BCUT2D eigenvalue weighted by atomic mass is 16.5. The monoisotopic (exact) mass is 274 g/mol. The van der Waals surface area contributed by atoms with Gasteiger partial charge in [-0.1, -0.05) is 0 Å². The first-order valence-electron chi connectivity index (χ1n) is 6.35. The van der Waals surface area contributed by atoms with Gasteiger partial charge in [0.25, 0.3) is 0 Å². The number of amides is 2. The first-order chi connectivity index (χ1) is 8.92. The summed E-state index contributed by atoms with van der Waals surface area (Å²) in [6.07, 6.45) is -0.636. The van der Waals surface area contributed by atoms with Crippen LogP contribution in [0.1, 0.15) is 20.3 Å². The molecule has 19 heavy (non-hydrogen) atoms. The van der Waals surface area contributed by atoms with Crippen LogP contribution in [0.4, 0.5) is 4.79 Å². The van der Waals surface area contributed by atoms with Crippen molar-refractivity contribution in [1.29, 1.82) is 0 Å². The number of nitrogens with zero attached hydrogens (tertiary/aromatic N) is 1. The van der Waals surface area contributed by atoms with Gasteiger partial charge >= 0.3 is 12.0 Å². The number of methoxy groups -OCH3 is 1. The summed E-state index contributed by atoms with van der Waals surface area (Å²) < 4.78 is 10.5. The minimum atomic E-state index is -0.949. The third-order valence-electron chi connectivity index (χ3n) is 2.92. The molecule has 3 unspecified atom stereocenters. The summed E-state index contributed by atoms with van der Waals surface area (Å²) in [5.74, 6) is -0.949. The van der Waals surface area contributed by atoms with Crippen LogP contribution in [0.2, 0.25) is 0 Å². The number of ether oxygens (including phenoxy) is 2. The average molecular weight is 274 g/mol. The molecule has 3 atom stereocenters. The van der Waals surface area contributed by atoms with Gasteiger partial charge in [0.1, 0.15) is 0 Å². The van der Waals surface area contributed by atoms with Crippen LogP contribution in [-0.2, 0) is 14.3 Å². The lowest BCUT2D eigenvalue weighted by molar-refractivity contribution is -0.139. The number of carbonyl (C=O) groups is 2. The Bertz CT molecular complexity index is 313. The van der Waals surface area contributed by atoms with Crippen LogP contribution in [0.5, 0.6) is 0 Å². The summed E-state index contributed by atoms with van der Waals surface area (Å²) in [5.41, 5.74) is 0. The number of carboxylic acids is 1. The second kappa shape index (κ2) is 7.30. The summed E-state index contributed by atoms with van der Waals surface area (Å²) in [6.45, 7) is 5.08. The first kappa shape index (κ1) is 15.7. The fraction of sp³-hybridized carbons (Fsp3) is 0.833. The molecule has 0 aromatic carbocycles. The number of hydrogen-bond acceptors (Lipinski definition) is 4. The van der Waals surface area contributed by atoms with Crippen molar-refractivity contribution in [2.45, 2.75) is 38.6 Å². The molecule has 7 nitrogen and oxygen atoms in total. The molecule has 0 aromatic rings. The maximum absolute atomic E-state index is 12.0. The number of aliphatic carboxylic acids is 1. The van der Waals surface area contributed by atoms with Crippen LogP contribution >= 0.6 is 0 Å². The van der Waals surface area contributed by atoms with E-state index in [1.807, 2.05) is 13.8 Å². The highest BCUT2D eigenvalue weighted by molar-refractivity contribution is 5.74. The number of carboxylic acid groups (broad SMARTS) is 1. The van der Waals surface area contributed by atoms with Crippen LogP contribution in [-0.4, -0.2) is 67.1 Å². The van der Waals surface area contributed by atoms with Gasteiger partial charge in [-0.2, -0.15) is 0 Å². The van der Waals surface area contributed by atoms with E-state index in [0.29, 0.717) is 13.1 Å². The molecule has 1 aliphatic rings. The fourth-order valence-electron chi connectivity index (χ4n) is 2.09. The van der Waals surface area contributed by atoms with Gasteiger partial charge in [-0.3, -0.25) is 4.79 Å². The molecule has 2 amide bonds. The molecule has 1 rings (SSSR count). The summed E-state index contributed by atoms with van der Waals surface area (Å²) in [5, 5.41) is 11.4. The second-order valence-electron chi connectivity index (χ2n) is 4.80. The quantitative estimate of drug-likeness (QED) is 0.752. The molecule has 0 radical (unpaired) electrons. The Labute approximate surface area is 112 Å². The van der Waals surface area contributed by atoms with Gasteiger partial charge in [0.2, 0.25) is 0 Å². The minimum absolute atomic E-state index is 0.00624. The summed E-state index contributed by atoms with van der Waals surface area (Å²) in [4.78, 5) is 24.2. The van der Waals surface area contributed by atoms with E-state index in [1.54, 1.807) is 4.90 Å². The topological polar surface area (TPSA) is 88.1 Å². The number of morpholine rings is 1. The zero-order valence-electron chi connectivity index (χ0n) is 11.6. The van der Waals surface area contributed by atoms with Crippen molar-refractivity contribution < 1.29 is 24.2 Å². The molecule has 1 fully saturated rings. The van der Waals surface area contributed by atoms with Gasteiger partial charge in [-0.05, 0) is 13.8 Å². The maximum atomic E-state index is 12.0. The lowest BCUT2D eigenvalue weighted by Gasteiger charge is -2.35. The summed E-state index contributed by atoms with van der Waals surface area (Å²) >= 11 is 0. The van der Waals surface area contributed by atoms with E-state index in [1.165, 1.54) is 7.11 Å². The Morgan fingerprint density at radius 3 is 2.47 bits per heavy atom. The Hall–Kier alpha value is -1.34. The van der Waals surface area contributed by atoms with Gasteiger partial charge in [0.05, 0.1) is 24.7 Å². The average Bonchev–Trinajstić information content (AvgIpc) is 2.32. The smallest absolute Gasteiger partial charge is 0.317 e. The van der Waals surface area contributed by atoms with Crippen LogP contribution in [0.15, 0.2) is 0 Å². The molecule has 1 saturated heterocycles. The predicted molar refractivity (Wildman–Crippen MR) is 68.0 cm³/mol. The largest absolute Gasteiger partial charge is 0.481 e. The number of rotatable bonds is 5. The van der Waals surface area contributed by atoms with Gasteiger partial charge in [-0.15, -0.1) is 0 Å². The number of hydrogen-bond donors (Lipinski definition) is 2. The molecule has 0 aromatic heterocycles. The van der Waals surface area contributed by atoms with Crippen molar-refractivity contribution in [1.82, 2.24) is 10.2 Å². The van der Waals surface area contributed by atoms with E-state index in [0.717, 1.165) is 0 Å². The molecule has 1 heterocycles. The molecule has 0 spiro atoms. The summed E-state index contributed by atoms with van der Waals surface area (Å²) in [7, 11) is 1.43. The van der Waals surface area contributed by atoms with Crippen molar-refractivity contribution in [3.05, 3.63) is 0 Å². The third-order valence-corrected chi connectivity index (χ3v) is 2.92. The van der Waals surface area contributed by atoms with Crippen LogP contribution in [0.25, 0.3) is 0 Å². The third kappa shape index (κ3) is 5.44. The Balaban J connectivity index is 2.39. The lowest BCUT2D eigenvalue weighted by atomic mass is 10.2. The molecular weight excluding hydrogens is 252 g/mol. The standard InChI is InChI=1S/C12H22N2O5/c1-8-6-14(7-9(2)19-8)12(17)13-5-10(18-3)4-11(15)16/h8-10H,4-7H2,1-3H3,(H,13,17)(H,15,16). The lowest BCUT2D eigenvalue weighted by Crippen LogP contribution is -2.52. The van der Waals surface area contributed by atoms with Crippen molar-refractivity contribution in [3.63, 3.8) is 0 Å². The van der Waals surface area contributed by atoms with E-state index in [9.17, 15) is 9.59 Å². The zero-order valence-corrected chi connectivity index (χ0v) is 11.6. The molecule has 2 N–H and O–H groups in total. The zero-order chi connectivity index (χ0) is 14.4. The van der Waals surface area contributed by atoms with Crippen molar-refractivity contribution >= 4 is 12.0 Å². The SMILES string of the molecule is COC(CNC(=O)N1CC(C)OC(C)C1)CC(=O)O. The van der Waals surface area contributed by atoms with Crippen molar-refractivity contribution in [3.8, 4) is 0 Å². The van der Waals surface area contributed by atoms with E-state index in [-0.39, 0.29) is 31.2 Å². The van der Waals surface area contributed by atoms with E-state index in [4.69, 9.17) is 14.6 Å². The highest BCUT2D eigenvalue weighted by Gasteiger charge is 2.26. The number of nitrogens with one attached hydrogen (secondary N) is 1. The maximum Gasteiger partial charge on any atom is 0.317 e. The molecule has 1 aliphatic heterocycles. The number of urea groups is 1. The summed E-state index contributed by atoms with van der Waals surface area (Å²) in [6, 6.07) is -0.213. The van der Waals surface area contributed by atoms with Crippen LogP contribution in [0, 0.1) is 0 Å². The molecular formula is C12H22N2O5. The molecule has 0 aliphatic carbocycles. The van der Waals surface area contributed by atoms with Crippen molar-refractivity contribution in [2.24, 2.45) is 0 Å². The molecule has 7 heteroatoms. The molecule has 0 bridgehead atoms. The van der Waals surface area contributed by atoms with Gasteiger partial charge in [-0.25, -0.2) is 4.79 Å². The van der Waals surface area contributed by atoms with Gasteiger partial charge < -0.3 is 24.8 Å². The van der Waals surface area contributed by atoms with Gasteiger partial charge in [0.15, 0.2) is 0 Å². The van der Waals surface area contributed by atoms with E-state index < -0.39 is 12.1 Å². The Morgan fingerprint density at radius 1 is 1.42 bits per heavy atom. The predicted octanol–water partition coefficient (Wildman–Crippen LogP) is 0.295. The molecule has 0 saturated carbocycles. The van der Waals surface area contributed by atoms with Crippen LogP contribution in [0.3, 0.4) is 0 Å². The van der Waals surface area contributed by atoms with Crippen molar-refractivity contribution in [2.75, 3.05) is 26.7 Å². The van der Waals surface area contributed by atoms with E-state index in [2.05, 4.69) is 5.32 Å². The van der Waals surface area contributed by atoms with E-state index >= 15 is 0 Å².